The van der Waals surface area contributed by atoms with Crippen molar-refractivity contribution in [3.63, 3.8) is 0 Å². The molecule has 0 atom stereocenters. The van der Waals surface area contributed by atoms with Gasteiger partial charge in [0, 0.05) is 30.6 Å². The highest BCUT2D eigenvalue weighted by molar-refractivity contribution is 5.98. The van der Waals surface area contributed by atoms with Gasteiger partial charge in [0.15, 0.2) is 5.65 Å². The lowest BCUT2D eigenvalue weighted by atomic mass is 9.52. The molecular weight excluding hydrogens is 458 g/mol. The van der Waals surface area contributed by atoms with E-state index < -0.39 is 5.91 Å². The summed E-state index contributed by atoms with van der Waals surface area (Å²) in [5.74, 6) is -0.215. The molecule has 2 amide bonds. The topological polar surface area (TPSA) is 123 Å². The molecule has 184 valence electrons. The van der Waals surface area contributed by atoms with Crippen LogP contribution in [0.25, 0.3) is 10.5 Å². The van der Waals surface area contributed by atoms with E-state index in [-0.39, 0.29) is 40.5 Å². The third-order valence-electron chi connectivity index (χ3n) is 7.97. The Morgan fingerprint density at radius 3 is 2.47 bits per heavy atom. The molecule has 0 unspecified atom stereocenters. The van der Waals surface area contributed by atoms with Gasteiger partial charge in [-0.15, -0.1) is 4.98 Å². The first kappa shape index (κ1) is 23.6. The summed E-state index contributed by atoms with van der Waals surface area (Å²) in [6.07, 6.45) is 8.49. The van der Waals surface area contributed by atoms with Crippen molar-refractivity contribution >= 4 is 29.1 Å². The summed E-state index contributed by atoms with van der Waals surface area (Å²) in [7, 11) is 0. The zero-order valence-electron chi connectivity index (χ0n) is 20.1. The fourth-order valence-corrected chi connectivity index (χ4v) is 5.51. The Morgan fingerprint density at radius 1 is 1.03 bits per heavy atom. The first-order valence-corrected chi connectivity index (χ1v) is 12.1. The lowest BCUT2D eigenvalue weighted by Gasteiger charge is -2.52. The summed E-state index contributed by atoms with van der Waals surface area (Å²) in [5, 5.41) is 10.1. The monoisotopic (exact) mass is 485 g/mol. The predicted molar refractivity (Wildman–Crippen MR) is 130 cm³/mol. The number of amides is 2. The van der Waals surface area contributed by atoms with Crippen LogP contribution in [-0.4, -0.2) is 43.7 Å². The van der Waals surface area contributed by atoms with Gasteiger partial charge in [-0.25, -0.2) is 9.50 Å². The largest absolute Gasteiger partial charge is 0.361 e. The highest BCUT2D eigenvalue weighted by Gasteiger charge is 2.50. The summed E-state index contributed by atoms with van der Waals surface area (Å²) >= 11 is 0. The maximum Gasteiger partial charge on any atom is 0.270 e. The van der Waals surface area contributed by atoms with E-state index in [4.69, 9.17) is 6.57 Å². The van der Waals surface area contributed by atoms with Gasteiger partial charge in [0.2, 0.25) is 0 Å². The smallest absolute Gasteiger partial charge is 0.270 e. The second-order valence-electron chi connectivity index (χ2n) is 9.96. The molecule has 36 heavy (non-hydrogen) atoms. The summed E-state index contributed by atoms with van der Waals surface area (Å²) < 4.78 is 1.43. The molecule has 6 rings (SSSR count). The average molecular weight is 486 g/mol. The van der Waals surface area contributed by atoms with Crippen molar-refractivity contribution in [2.75, 3.05) is 6.54 Å². The molecule has 3 saturated carbocycles. The standard InChI is InChI=1S/C26H27N7O3/c1-17(34)26-8-5-25(6-9-26,7-10-26)16-30-24(36)20-14-19(32-22-4-12-31-33(20)22)23(35)29-15-18-3-11-28-21(13-18)27-2/h3-4,11-14H,5-10,15-16H2,1H3,(H,29,35)(H,30,36). The molecule has 3 fully saturated rings. The molecule has 3 aromatic heterocycles. The minimum Gasteiger partial charge on any atom is -0.361 e. The molecule has 2 bridgehead atoms. The second kappa shape index (κ2) is 9.15. The van der Waals surface area contributed by atoms with Gasteiger partial charge in [-0.05, 0) is 68.6 Å². The van der Waals surface area contributed by atoms with E-state index in [2.05, 4.69) is 30.5 Å². The maximum atomic E-state index is 13.2. The van der Waals surface area contributed by atoms with Gasteiger partial charge in [0.05, 0.1) is 6.20 Å². The zero-order chi connectivity index (χ0) is 25.3. The number of Topliss-reactive ketones (excluding diaryl/α,β-unsaturated/α-hetero) is 1. The Morgan fingerprint density at radius 2 is 1.78 bits per heavy atom. The molecule has 3 aliphatic rings. The van der Waals surface area contributed by atoms with Crippen LogP contribution in [0.3, 0.4) is 0 Å². The van der Waals surface area contributed by atoms with Crippen LogP contribution in [0.5, 0.6) is 0 Å². The van der Waals surface area contributed by atoms with Crippen LogP contribution < -0.4 is 10.6 Å². The van der Waals surface area contributed by atoms with Gasteiger partial charge in [0.25, 0.3) is 17.6 Å². The average Bonchev–Trinajstić information content (AvgIpc) is 3.40. The summed E-state index contributed by atoms with van der Waals surface area (Å²) in [5.41, 5.74) is 1.32. The van der Waals surface area contributed by atoms with Crippen LogP contribution >= 0.6 is 0 Å². The number of nitrogens with zero attached hydrogens (tertiary/aromatic N) is 5. The van der Waals surface area contributed by atoms with E-state index in [1.807, 2.05) is 0 Å². The number of rotatable bonds is 7. The number of hydrogen-bond donors (Lipinski definition) is 2. The number of carbonyl (C=O) groups excluding carboxylic acids is 3. The van der Waals surface area contributed by atoms with Crippen LogP contribution in [0, 0.1) is 17.4 Å². The molecule has 2 N–H and O–H groups in total. The molecule has 0 saturated heterocycles. The molecule has 10 heteroatoms. The van der Waals surface area contributed by atoms with Crippen molar-refractivity contribution in [3.8, 4) is 0 Å². The number of pyridine rings is 1. The molecule has 0 radical (unpaired) electrons. The summed E-state index contributed by atoms with van der Waals surface area (Å²) in [6, 6.07) is 6.41. The van der Waals surface area contributed by atoms with Crippen LogP contribution in [0.2, 0.25) is 0 Å². The number of aromatic nitrogens is 4. The van der Waals surface area contributed by atoms with Gasteiger partial charge < -0.3 is 15.5 Å². The third-order valence-corrected chi connectivity index (χ3v) is 7.97. The zero-order valence-corrected chi connectivity index (χ0v) is 20.1. The third kappa shape index (κ3) is 4.33. The number of nitrogens with one attached hydrogen (secondary N) is 2. The summed E-state index contributed by atoms with van der Waals surface area (Å²) in [6.45, 7) is 9.50. The number of hydrogen-bond acceptors (Lipinski definition) is 6. The van der Waals surface area contributed by atoms with Gasteiger partial charge in [0.1, 0.15) is 23.4 Å². The van der Waals surface area contributed by atoms with E-state index in [1.165, 1.54) is 23.0 Å². The molecular formula is C26H27N7O3. The minimum absolute atomic E-state index is 0.0120. The van der Waals surface area contributed by atoms with Crippen LogP contribution in [0.4, 0.5) is 5.82 Å². The molecule has 3 heterocycles. The van der Waals surface area contributed by atoms with Gasteiger partial charge in [-0.3, -0.25) is 14.4 Å². The van der Waals surface area contributed by atoms with Gasteiger partial charge in [-0.2, -0.15) is 5.10 Å². The molecule has 0 spiro atoms. The van der Waals surface area contributed by atoms with Crippen molar-refractivity contribution < 1.29 is 14.4 Å². The maximum absolute atomic E-state index is 13.2. The van der Waals surface area contributed by atoms with E-state index in [0.29, 0.717) is 18.0 Å². The first-order chi connectivity index (χ1) is 17.3. The predicted octanol–water partition coefficient (Wildman–Crippen LogP) is 3.26. The highest BCUT2D eigenvalue weighted by atomic mass is 16.2. The first-order valence-electron chi connectivity index (χ1n) is 12.1. The Labute approximate surface area is 208 Å². The van der Waals surface area contributed by atoms with E-state index >= 15 is 0 Å². The molecule has 0 aromatic carbocycles. The molecule has 0 aliphatic heterocycles. The molecule has 3 aliphatic carbocycles. The summed E-state index contributed by atoms with van der Waals surface area (Å²) in [4.78, 5) is 49.8. The Hall–Kier alpha value is -4.13. The van der Waals surface area contributed by atoms with Gasteiger partial charge in [-0.1, -0.05) is 6.57 Å². The van der Waals surface area contributed by atoms with E-state index in [0.717, 1.165) is 44.1 Å². The Kier molecular flexibility index (Phi) is 6.00. The fraction of sp³-hybridized carbons (Fsp3) is 0.423. The van der Waals surface area contributed by atoms with Crippen molar-refractivity contribution in [3.05, 3.63) is 65.0 Å². The quantitative estimate of drug-likeness (QED) is 0.495. The highest BCUT2D eigenvalue weighted by Crippen LogP contribution is 2.56. The minimum atomic E-state index is -0.437. The van der Waals surface area contributed by atoms with Crippen LogP contribution in [-0.2, 0) is 11.3 Å². The van der Waals surface area contributed by atoms with Crippen molar-refractivity contribution in [1.29, 1.82) is 0 Å². The normalized spacial score (nSPS) is 22.7. The van der Waals surface area contributed by atoms with E-state index in [1.54, 1.807) is 25.1 Å². The van der Waals surface area contributed by atoms with Gasteiger partial charge >= 0.3 is 0 Å². The number of ketones is 1. The van der Waals surface area contributed by atoms with Crippen molar-refractivity contribution in [1.82, 2.24) is 30.2 Å². The van der Waals surface area contributed by atoms with Crippen molar-refractivity contribution in [2.45, 2.75) is 52.0 Å². The fourth-order valence-electron chi connectivity index (χ4n) is 5.51. The Balaban J connectivity index is 1.29. The van der Waals surface area contributed by atoms with E-state index in [9.17, 15) is 14.4 Å². The second-order valence-corrected chi connectivity index (χ2v) is 9.96. The number of fused-ring (bicyclic) bond motifs is 4. The molecule has 10 nitrogen and oxygen atoms in total. The van der Waals surface area contributed by atoms with Crippen LogP contribution in [0.15, 0.2) is 36.7 Å². The van der Waals surface area contributed by atoms with Crippen molar-refractivity contribution in [2.24, 2.45) is 10.8 Å². The molecule has 3 aromatic rings. The number of carbonyl (C=O) groups is 3. The lowest BCUT2D eigenvalue weighted by molar-refractivity contribution is -0.135. The lowest BCUT2D eigenvalue weighted by Crippen LogP contribution is -2.49. The SMILES string of the molecule is [C-]#[N+]c1cc(CNC(=O)c2cc(C(=O)NCC34CCC(C(C)=O)(CC3)CC4)n3nccc3n2)ccn1. The van der Waals surface area contributed by atoms with Crippen LogP contribution in [0.1, 0.15) is 72.0 Å². The Bertz CT molecular complexity index is 1380.